The highest BCUT2D eigenvalue weighted by atomic mass is 14.9. The van der Waals surface area contributed by atoms with Gasteiger partial charge in [-0.05, 0) is 35.7 Å². The van der Waals surface area contributed by atoms with Gasteiger partial charge in [0.15, 0.2) is 0 Å². The van der Waals surface area contributed by atoms with Crippen LogP contribution in [0.1, 0.15) is 22.3 Å². The van der Waals surface area contributed by atoms with Gasteiger partial charge in [0.05, 0.1) is 11.3 Å². The van der Waals surface area contributed by atoms with Gasteiger partial charge in [0, 0.05) is 13.1 Å². The van der Waals surface area contributed by atoms with Crippen molar-refractivity contribution in [1.29, 1.82) is 5.26 Å². The van der Waals surface area contributed by atoms with Crippen LogP contribution >= 0.6 is 0 Å². The van der Waals surface area contributed by atoms with E-state index in [0.29, 0.717) is 18.7 Å². The molecule has 0 heterocycles. The molecule has 3 heteroatoms. The molecule has 0 radical (unpaired) electrons. The summed E-state index contributed by atoms with van der Waals surface area (Å²) in [6.45, 7) is 3.18. The SMILES string of the molecule is Cc1ccc(NCc2ccccc2CN)c(C#N)c1. The molecule has 3 nitrogen and oxygen atoms in total. The second-order valence-electron chi connectivity index (χ2n) is 4.49. The second kappa shape index (κ2) is 6.03. The fourth-order valence-electron chi connectivity index (χ4n) is 2.02. The monoisotopic (exact) mass is 251 g/mol. The van der Waals surface area contributed by atoms with E-state index in [-0.39, 0.29) is 0 Å². The summed E-state index contributed by atoms with van der Waals surface area (Å²) in [6, 6.07) is 16.1. The van der Waals surface area contributed by atoms with E-state index in [0.717, 1.165) is 22.4 Å². The van der Waals surface area contributed by atoms with Crippen molar-refractivity contribution in [3.63, 3.8) is 0 Å². The van der Waals surface area contributed by atoms with Crippen molar-refractivity contribution < 1.29 is 0 Å². The van der Waals surface area contributed by atoms with Crippen molar-refractivity contribution in [3.8, 4) is 6.07 Å². The van der Waals surface area contributed by atoms with Crippen LogP contribution in [0, 0.1) is 18.3 Å². The summed E-state index contributed by atoms with van der Waals surface area (Å²) in [5.41, 5.74) is 10.6. The molecule has 0 fully saturated rings. The molecule has 0 aliphatic heterocycles. The molecule has 2 rings (SSSR count). The van der Waals surface area contributed by atoms with Crippen molar-refractivity contribution in [2.24, 2.45) is 5.73 Å². The van der Waals surface area contributed by atoms with E-state index < -0.39 is 0 Å². The summed E-state index contributed by atoms with van der Waals surface area (Å²) in [6.07, 6.45) is 0. The zero-order chi connectivity index (χ0) is 13.7. The van der Waals surface area contributed by atoms with E-state index in [4.69, 9.17) is 11.0 Å². The maximum atomic E-state index is 9.13. The van der Waals surface area contributed by atoms with E-state index in [1.165, 1.54) is 0 Å². The summed E-state index contributed by atoms with van der Waals surface area (Å²) < 4.78 is 0. The minimum Gasteiger partial charge on any atom is -0.380 e. The van der Waals surface area contributed by atoms with Gasteiger partial charge in [-0.2, -0.15) is 5.26 Å². The molecular formula is C16H17N3. The summed E-state index contributed by atoms with van der Waals surface area (Å²) in [7, 11) is 0. The Morgan fingerprint density at radius 1 is 1.16 bits per heavy atom. The number of nitriles is 1. The lowest BCUT2D eigenvalue weighted by Crippen LogP contribution is -2.07. The standard InChI is InChI=1S/C16H17N3/c1-12-6-7-16(15(8-12)10-18)19-11-14-5-3-2-4-13(14)9-17/h2-8,19H,9,11,17H2,1H3. The predicted octanol–water partition coefficient (Wildman–Crippen LogP) is 2.94. The molecule has 0 aliphatic rings. The minimum atomic E-state index is 0.525. The Kier molecular flexibility index (Phi) is 4.17. The van der Waals surface area contributed by atoms with Gasteiger partial charge in [0.1, 0.15) is 6.07 Å². The first-order chi connectivity index (χ1) is 9.24. The van der Waals surface area contributed by atoms with Gasteiger partial charge < -0.3 is 11.1 Å². The summed E-state index contributed by atoms with van der Waals surface area (Å²) in [5.74, 6) is 0. The highest BCUT2D eigenvalue weighted by Gasteiger charge is 2.04. The zero-order valence-electron chi connectivity index (χ0n) is 11.0. The van der Waals surface area contributed by atoms with Crippen molar-refractivity contribution >= 4 is 5.69 Å². The maximum Gasteiger partial charge on any atom is 0.101 e. The third kappa shape index (κ3) is 3.12. The van der Waals surface area contributed by atoms with Crippen LogP contribution < -0.4 is 11.1 Å². The van der Waals surface area contributed by atoms with Gasteiger partial charge in [-0.15, -0.1) is 0 Å². The Balaban J connectivity index is 2.17. The van der Waals surface area contributed by atoms with E-state index in [1.54, 1.807) is 0 Å². The van der Waals surface area contributed by atoms with Crippen LogP contribution in [0.3, 0.4) is 0 Å². The number of nitrogens with two attached hydrogens (primary N) is 1. The largest absolute Gasteiger partial charge is 0.380 e. The smallest absolute Gasteiger partial charge is 0.101 e. The number of rotatable bonds is 4. The average molecular weight is 251 g/mol. The Morgan fingerprint density at radius 3 is 2.58 bits per heavy atom. The lowest BCUT2D eigenvalue weighted by Gasteiger charge is -2.11. The summed E-state index contributed by atoms with van der Waals surface area (Å²) in [5, 5.41) is 12.4. The summed E-state index contributed by atoms with van der Waals surface area (Å²) >= 11 is 0. The van der Waals surface area contributed by atoms with Crippen LogP contribution in [0.5, 0.6) is 0 Å². The van der Waals surface area contributed by atoms with Crippen molar-refractivity contribution in [2.75, 3.05) is 5.32 Å². The molecule has 2 aromatic carbocycles. The van der Waals surface area contributed by atoms with Crippen LogP contribution in [-0.4, -0.2) is 0 Å². The molecule has 0 unspecified atom stereocenters. The molecular weight excluding hydrogens is 234 g/mol. The maximum absolute atomic E-state index is 9.13. The third-order valence-corrected chi connectivity index (χ3v) is 3.10. The average Bonchev–Trinajstić information content (AvgIpc) is 2.46. The number of benzene rings is 2. The van der Waals surface area contributed by atoms with Crippen LogP contribution in [0.15, 0.2) is 42.5 Å². The first-order valence-corrected chi connectivity index (χ1v) is 6.26. The Labute approximate surface area is 113 Å². The molecule has 19 heavy (non-hydrogen) atoms. The predicted molar refractivity (Wildman–Crippen MR) is 77.6 cm³/mol. The van der Waals surface area contributed by atoms with Crippen LogP contribution in [0.2, 0.25) is 0 Å². The van der Waals surface area contributed by atoms with Crippen molar-refractivity contribution in [1.82, 2.24) is 0 Å². The number of aryl methyl sites for hydroxylation is 1. The van der Waals surface area contributed by atoms with Crippen LogP contribution in [0.4, 0.5) is 5.69 Å². The molecule has 0 aromatic heterocycles. The zero-order valence-corrected chi connectivity index (χ0v) is 11.0. The normalized spacial score (nSPS) is 9.95. The summed E-state index contributed by atoms with van der Waals surface area (Å²) in [4.78, 5) is 0. The Bertz CT molecular complexity index is 612. The van der Waals surface area contributed by atoms with E-state index in [2.05, 4.69) is 17.5 Å². The van der Waals surface area contributed by atoms with Crippen LogP contribution in [0.25, 0.3) is 0 Å². The van der Waals surface area contributed by atoms with Gasteiger partial charge in [-0.1, -0.05) is 30.3 Å². The van der Waals surface area contributed by atoms with Gasteiger partial charge in [-0.25, -0.2) is 0 Å². The van der Waals surface area contributed by atoms with Gasteiger partial charge in [0.25, 0.3) is 0 Å². The van der Waals surface area contributed by atoms with Crippen LogP contribution in [-0.2, 0) is 13.1 Å². The fourth-order valence-corrected chi connectivity index (χ4v) is 2.02. The molecule has 0 amide bonds. The molecule has 0 spiro atoms. The highest BCUT2D eigenvalue weighted by molar-refractivity contribution is 5.58. The third-order valence-electron chi connectivity index (χ3n) is 3.10. The fraction of sp³-hybridized carbons (Fsp3) is 0.188. The number of hydrogen-bond acceptors (Lipinski definition) is 3. The van der Waals surface area contributed by atoms with Gasteiger partial charge in [-0.3, -0.25) is 0 Å². The number of anilines is 1. The van der Waals surface area contributed by atoms with Crippen molar-refractivity contribution in [3.05, 3.63) is 64.7 Å². The molecule has 3 N–H and O–H groups in total. The van der Waals surface area contributed by atoms with E-state index in [1.807, 2.05) is 43.3 Å². The molecule has 96 valence electrons. The molecule has 0 saturated carbocycles. The molecule has 0 aliphatic carbocycles. The lowest BCUT2D eigenvalue weighted by molar-refractivity contribution is 1.01. The Hall–Kier alpha value is -2.31. The number of nitrogens with zero attached hydrogens (tertiary/aromatic N) is 1. The quantitative estimate of drug-likeness (QED) is 0.878. The lowest BCUT2D eigenvalue weighted by atomic mass is 10.1. The molecule has 2 aromatic rings. The molecule has 0 atom stereocenters. The van der Waals surface area contributed by atoms with E-state index >= 15 is 0 Å². The van der Waals surface area contributed by atoms with Gasteiger partial charge >= 0.3 is 0 Å². The van der Waals surface area contributed by atoms with Crippen molar-refractivity contribution in [2.45, 2.75) is 20.0 Å². The second-order valence-corrected chi connectivity index (χ2v) is 4.49. The number of nitrogens with one attached hydrogen (secondary N) is 1. The highest BCUT2D eigenvalue weighted by Crippen LogP contribution is 2.18. The molecule has 0 bridgehead atoms. The van der Waals surface area contributed by atoms with E-state index in [9.17, 15) is 0 Å². The minimum absolute atomic E-state index is 0.525. The molecule has 0 saturated heterocycles. The topological polar surface area (TPSA) is 61.8 Å². The van der Waals surface area contributed by atoms with Gasteiger partial charge in [0.2, 0.25) is 0 Å². The first-order valence-electron chi connectivity index (χ1n) is 6.26. The number of hydrogen-bond donors (Lipinski definition) is 2. The first kappa shape index (κ1) is 13.1. The Morgan fingerprint density at radius 2 is 1.89 bits per heavy atom.